The summed E-state index contributed by atoms with van der Waals surface area (Å²) >= 11 is 0. The van der Waals surface area contributed by atoms with E-state index in [-0.39, 0.29) is 11.6 Å². The van der Waals surface area contributed by atoms with Crippen molar-refractivity contribution in [3.63, 3.8) is 0 Å². The summed E-state index contributed by atoms with van der Waals surface area (Å²) in [6.07, 6.45) is 8.11. The molecule has 0 N–H and O–H groups in total. The van der Waals surface area contributed by atoms with Gasteiger partial charge in [-0.25, -0.2) is 5.01 Å². The number of fused-ring (bicyclic) bond motifs is 1. The fourth-order valence-electron chi connectivity index (χ4n) is 1.58. The Kier molecular flexibility index (Phi) is 2.25. The van der Waals surface area contributed by atoms with Crippen molar-refractivity contribution in [1.29, 1.82) is 0 Å². The van der Waals surface area contributed by atoms with Gasteiger partial charge in [0.25, 0.3) is 0 Å². The molecule has 1 atom stereocenters. The minimum atomic E-state index is 0.0502. The average Bonchev–Trinajstić information content (AvgIpc) is 2.15. The maximum absolute atomic E-state index is 4.53. The van der Waals surface area contributed by atoms with Gasteiger partial charge in [0, 0.05) is 11.9 Å². The molecule has 15 heavy (non-hydrogen) atoms. The van der Waals surface area contributed by atoms with Gasteiger partial charge in [0.15, 0.2) is 6.17 Å². The van der Waals surface area contributed by atoms with Crippen LogP contribution in [0, 0.1) is 5.41 Å². The lowest BCUT2D eigenvalue weighted by atomic mass is 9.86. The van der Waals surface area contributed by atoms with Crippen LogP contribution in [0.4, 0.5) is 0 Å². The maximum Gasteiger partial charge on any atom is 0.160 e. The van der Waals surface area contributed by atoms with Gasteiger partial charge in [-0.15, -0.1) is 0 Å². The fraction of sp³-hybridized carbons (Fsp3) is 0.500. The molecule has 3 nitrogen and oxygen atoms in total. The van der Waals surface area contributed by atoms with E-state index >= 15 is 0 Å². The number of hydrogen-bond acceptors (Lipinski definition) is 3. The first kappa shape index (κ1) is 10.1. The summed E-state index contributed by atoms with van der Waals surface area (Å²) in [6, 6.07) is 0. The second kappa shape index (κ2) is 3.33. The van der Waals surface area contributed by atoms with Gasteiger partial charge in [0.1, 0.15) is 0 Å². The molecule has 80 valence electrons. The average molecular weight is 203 g/mol. The van der Waals surface area contributed by atoms with Crippen molar-refractivity contribution in [2.75, 3.05) is 0 Å². The number of rotatable bonds is 0. The predicted molar refractivity (Wildman–Crippen MR) is 63.9 cm³/mol. The molecule has 2 rings (SSSR count). The summed E-state index contributed by atoms with van der Waals surface area (Å²) in [5, 5.41) is 6.26. The van der Waals surface area contributed by atoms with E-state index in [1.807, 2.05) is 30.4 Å². The third kappa shape index (κ3) is 2.01. The second-order valence-corrected chi connectivity index (χ2v) is 5.00. The molecule has 3 heteroatoms. The molecular weight excluding hydrogens is 186 g/mol. The van der Waals surface area contributed by atoms with Gasteiger partial charge in [0.05, 0.1) is 6.21 Å². The normalized spacial score (nSPS) is 24.8. The van der Waals surface area contributed by atoms with Gasteiger partial charge in [-0.05, 0) is 30.1 Å². The molecule has 0 bridgehead atoms. The third-order valence-corrected chi connectivity index (χ3v) is 2.60. The number of allylic oxidation sites excluding steroid dienone is 2. The Balaban J connectivity index is 2.29. The molecule has 0 aromatic heterocycles. The summed E-state index contributed by atoms with van der Waals surface area (Å²) in [5.74, 6) is 0. The summed E-state index contributed by atoms with van der Waals surface area (Å²) in [4.78, 5) is 4.53. The molecule has 2 aliphatic heterocycles. The van der Waals surface area contributed by atoms with Gasteiger partial charge < -0.3 is 0 Å². The fourth-order valence-corrected chi connectivity index (χ4v) is 1.58. The van der Waals surface area contributed by atoms with Crippen LogP contribution >= 0.6 is 0 Å². The van der Waals surface area contributed by atoms with E-state index in [1.54, 1.807) is 0 Å². The lowest BCUT2D eigenvalue weighted by Crippen LogP contribution is -2.31. The van der Waals surface area contributed by atoms with Gasteiger partial charge in [-0.1, -0.05) is 20.8 Å². The summed E-state index contributed by atoms with van der Waals surface area (Å²) in [5.41, 5.74) is 2.44. The Morgan fingerprint density at radius 2 is 2.07 bits per heavy atom. The SMILES string of the molecule is CC1=NC2C=C(C(C)(C)C)C=NN2C=C1. The highest BCUT2D eigenvalue weighted by Crippen LogP contribution is 2.28. The highest BCUT2D eigenvalue weighted by atomic mass is 15.5. The van der Waals surface area contributed by atoms with Crippen molar-refractivity contribution < 1.29 is 0 Å². The van der Waals surface area contributed by atoms with Gasteiger partial charge in [-0.2, -0.15) is 5.10 Å². The monoisotopic (exact) mass is 203 g/mol. The van der Waals surface area contributed by atoms with Crippen LogP contribution in [0.2, 0.25) is 0 Å². The van der Waals surface area contributed by atoms with Gasteiger partial charge >= 0.3 is 0 Å². The van der Waals surface area contributed by atoms with Crippen LogP contribution in [-0.2, 0) is 0 Å². The third-order valence-electron chi connectivity index (χ3n) is 2.60. The molecule has 0 saturated carbocycles. The Morgan fingerprint density at radius 3 is 2.73 bits per heavy atom. The van der Waals surface area contributed by atoms with E-state index < -0.39 is 0 Å². The molecule has 2 heterocycles. The Morgan fingerprint density at radius 1 is 1.33 bits per heavy atom. The topological polar surface area (TPSA) is 28.0 Å². The molecule has 0 aliphatic carbocycles. The number of hydrogen-bond donors (Lipinski definition) is 0. The smallest absolute Gasteiger partial charge is 0.160 e. The zero-order chi connectivity index (χ0) is 11.1. The zero-order valence-electron chi connectivity index (χ0n) is 9.73. The maximum atomic E-state index is 4.53. The molecule has 0 amide bonds. The predicted octanol–water partition coefficient (Wildman–Crippen LogP) is 2.57. The minimum absolute atomic E-state index is 0.0502. The van der Waals surface area contributed by atoms with Crippen LogP contribution < -0.4 is 0 Å². The first-order valence-corrected chi connectivity index (χ1v) is 5.24. The van der Waals surface area contributed by atoms with Crippen LogP contribution in [0.5, 0.6) is 0 Å². The summed E-state index contributed by atoms with van der Waals surface area (Å²) in [6.45, 7) is 8.58. The highest BCUT2D eigenvalue weighted by Gasteiger charge is 2.24. The molecule has 0 aromatic rings. The molecule has 0 spiro atoms. The van der Waals surface area contributed by atoms with E-state index in [1.165, 1.54) is 5.57 Å². The highest BCUT2D eigenvalue weighted by molar-refractivity contribution is 5.93. The molecule has 0 saturated heterocycles. The lowest BCUT2D eigenvalue weighted by Gasteiger charge is -2.31. The lowest BCUT2D eigenvalue weighted by molar-refractivity contribution is 0.330. The Labute approximate surface area is 90.9 Å². The van der Waals surface area contributed by atoms with E-state index in [9.17, 15) is 0 Å². The van der Waals surface area contributed by atoms with Crippen molar-refractivity contribution in [2.24, 2.45) is 15.5 Å². The van der Waals surface area contributed by atoms with E-state index in [0.717, 1.165) is 5.71 Å². The van der Waals surface area contributed by atoms with Crippen molar-refractivity contribution in [3.8, 4) is 0 Å². The summed E-state index contributed by atoms with van der Waals surface area (Å²) in [7, 11) is 0. The Bertz CT molecular complexity index is 380. The van der Waals surface area contributed by atoms with Crippen LogP contribution in [-0.4, -0.2) is 23.1 Å². The van der Waals surface area contributed by atoms with Crippen molar-refractivity contribution in [3.05, 3.63) is 23.9 Å². The molecule has 0 radical (unpaired) electrons. The second-order valence-electron chi connectivity index (χ2n) is 5.00. The van der Waals surface area contributed by atoms with Crippen molar-refractivity contribution in [1.82, 2.24) is 5.01 Å². The van der Waals surface area contributed by atoms with Gasteiger partial charge in [0.2, 0.25) is 0 Å². The van der Waals surface area contributed by atoms with Crippen LogP contribution in [0.25, 0.3) is 0 Å². The summed E-state index contributed by atoms with van der Waals surface area (Å²) < 4.78 is 0. The first-order valence-electron chi connectivity index (χ1n) is 5.24. The number of hydrazone groups is 1. The molecule has 2 aliphatic rings. The van der Waals surface area contributed by atoms with E-state index in [2.05, 4.69) is 36.9 Å². The van der Waals surface area contributed by atoms with Gasteiger partial charge in [-0.3, -0.25) is 4.99 Å². The molecule has 0 aromatic carbocycles. The molecule has 1 unspecified atom stereocenters. The molecule has 0 fully saturated rings. The quantitative estimate of drug-likeness (QED) is 0.594. The Hall–Kier alpha value is -1.38. The standard InChI is InChI=1S/C12H17N3/c1-9-5-6-15-11(14-9)7-10(8-13-15)12(2,3)4/h5-8,11H,1-4H3. The largest absolute Gasteiger partial charge is 0.259 e. The van der Waals surface area contributed by atoms with Crippen molar-refractivity contribution in [2.45, 2.75) is 33.9 Å². The number of aliphatic imine (C=N–C) groups is 1. The minimum Gasteiger partial charge on any atom is -0.259 e. The molecular formula is C12H17N3. The van der Waals surface area contributed by atoms with E-state index in [0.29, 0.717) is 0 Å². The zero-order valence-corrected chi connectivity index (χ0v) is 9.73. The van der Waals surface area contributed by atoms with Crippen LogP contribution in [0.1, 0.15) is 27.7 Å². The van der Waals surface area contributed by atoms with E-state index in [4.69, 9.17) is 0 Å². The van der Waals surface area contributed by atoms with Crippen LogP contribution in [0.15, 0.2) is 34.0 Å². The number of nitrogens with zero attached hydrogens (tertiary/aromatic N) is 3. The van der Waals surface area contributed by atoms with Crippen LogP contribution in [0.3, 0.4) is 0 Å². The van der Waals surface area contributed by atoms with Crippen molar-refractivity contribution >= 4 is 11.9 Å². The first-order chi connectivity index (χ1) is 6.97.